The summed E-state index contributed by atoms with van der Waals surface area (Å²) >= 11 is 0. The van der Waals surface area contributed by atoms with Crippen LogP contribution < -0.4 is 5.32 Å². The van der Waals surface area contributed by atoms with Crippen LogP contribution in [0, 0.1) is 0 Å². The number of esters is 1. The van der Waals surface area contributed by atoms with Gasteiger partial charge in [-0.2, -0.15) is 0 Å². The summed E-state index contributed by atoms with van der Waals surface area (Å²) in [6, 6.07) is -2.38. The van der Waals surface area contributed by atoms with Gasteiger partial charge in [0.15, 0.2) is 6.04 Å². The number of nitrogens with one attached hydrogen (secondary N) is 1. The first-order valence-electron chi connectivity index (χ1n) is 6.46. The number of aliphatic carboxylic acids is 1. The van der Waals surface area contributed by atoms with Gasteiger partial charge in [-0.1, -0.05) is 0 Å². The van der Waals surface area contributed by atoms with Gasteiger partial charge in [0.1, 0.15) is 6.04 Å². The maximum absolute atomic E-state index is 12.0. The number of hydrogen-bond donors (Lipinski definition) is 2. The van der Waals surface area contributed by atoms with Crippen molar-refractivity contribution in [3.05, 3.63) is 0 Å². The van der Waals surface area contributed by atoms with E-state index in [2.05, 4.69) is 5.32 Å². The number of carbonyl (C=O) groups excluding carboxylic acids is 2. The smallest absolute Gasteiger partial charge is 0.328 e. The summed E-state index contributed by atoms with van der Waals surface area (Å²) in [6.45, 7) is 2.19. The summed E-state index contributed by atoms with van der Waals surface area (Å²) in [6.07, 6.45) is 1.20. The molecule has 2 atom stereocenters. The van der Waals surface area contributed by atoms with Crippen molar-refractivity contribution in [2.75, 3.05) is 26.9 Å². The molecule has 2 unspecified atom stereocenters. The Morgan fingerprint density at radius 3 is 2.70 bits per heavy atom. The molecule has 2 N–H and O–H groups in total. The highest BCUT2D eigenvalue weighted by Gasteiger charge is 2.36. The first kappa shape index (κ1) is 16.2. The number of carbonyl (C=O) groups is 3. The number of amides is 2. The van der Waals surface area contributed by atoms with E-state index in [-0.39, 0.29) is 13.2 Å². The second-order valence-corrected chi connectivity index (χ2v) is 4.40. The summed E-state index contributed by atoms with van der Waals surface area (Å²) in [4.78, 5) is 36.0. The standard InChI is InChI=1S/C12H20N2O6/c1-3-20-11(17)9-5-4-6-14(9)12(18)13-8(7-19-2)10(15)16/h8-9H,3-7H2,1-2H3,(H,13,18)(H,15,16). The topological polar surface area (TPSA) is 105 Å². The second kappa shape index (κ2) is 7.68. The Kier molecular flexibility index (Phi) is 6.23. The Morgan fingerprint density at radius 2 is 2.15 bits per heavy atom. The van der Waals surface area contributed by atoms with E-state index in [0.717, 1.165) is 0 Å². The summed E-state index contributed by atoms with van der Waals surface area (Å²) in [5.74, 6) is -1.65. The van der Waals surface area contributed by atoms with Crippen LogP contribution in [0.3, 0.4) is 0 Å². The molecule has 0 spiro atoms. The van der Waals surface area contributed by atoms with E-state index in [1.807, 2.05) is 0 Å². The SMILES string of the molecule is CCOC(=O)C1CCCN1C(=O)NC(COC)C(=O)O. The van der Waals surface area contributed by atoms with E-state index in [1.165, 1.54) is 12.0 Å². The molecule has 1 saturated heterocycles. The maximum Gasteiger partial charge on any atom is 0.328 e. The van der Waals surface area contributed by atoms with Gasteiger partial charge < -0.3 is 24.8 Å². The van der Waals surface area contributed by atoms with E-state index < -0.39 is 30.1 Å². The van der Waals surface area contributed by atoms with Crippen LogP contribution in [0.1, 0.15) is 19.8 Å². The number of hydrogen-bond acceptors (Lipinski definition) is 5. The average molecular weight is 288 g/mol. The molecule has 1 aliphatic heterocycles. The Bertz CT molecular complexity index is 373. The Hall–Kier alpha value is -1.83. The van der Waals surface area contributed by atoms with Gasteiger partial charge in [0, 0.05) is 13.7 Å². The molecule has 0 saturated carbocycles. The highest BCUT2D eigenvalue weighted by Crippen LogP contribution is 2.18. The van der Waals surface area contributed by atoms with Crippen LogP contribution in [0.5, 0.6) is 0 Å². The molecule has 1 fully saturated rings. The molecule has 0 radical (unpaired) electrons. The van der Waals surface area contributed by atoms with Crippen molar-refractivity contribution < 1.29 is 29.0 Å². The van der Waals surface area contributed by atoms with Crippen LogP contribution in [-0.2, 0) is 19.1 Å². The number of carboxylic acids is 1. The lowest BCUT2D eigenvalue weighted by Crippen LogP contribution is -2.52. The van der Waals surface area contributed by atoms with Crippen LogP contribution >= 0.6 is 0 Å². The molecule has 8 nitrogen and oxygen atoms in total. The summed E-state index contributed by atoms with van der Waals surface area (Å²) in [5.41, 5.74) is 0. The first-order valence-corrected chi connectivity index (χ1v) is 6.46. The quantitative estimate of drug-likeness (QED) is 0.657. The lowest BCUT2D eigenvalue weighted by molar-refractivity contribution is -0.147. The van der Waals surface area contributed by atoms with E-state index in [9.17, 15) is 14.4 Å². The zero-order valence-electron chi connectivity index (χ0n) is 11.6. The number of nitrogens with zero attached hydrogens (tertiary/aromatic N) is 1. The third-order valence-electron chi connectivity index (χ3n) is 3.00. The van der Waals surface area contributed by atoms with Gasteiger partial charge >= 0.3 is 18.0 Å². The van der Waals surface area contributed by atoms with Crippen LogP contribution in [0.4, 0.5) is 4.79 Å². The monoisotopic (exact) mass is 288 g/mol. The second-order valence-electron chi connectivity index (χ2n) is 4.40. The number of likely N-dealkylation sites (tertiary alicyclic amines) is 1. The normalized spacial score (nSPS) is 19.5. The van der Waals surface area contributed by atoms with Crippen molar-refractivity contribution in [3.63, 3.8) is 0 Å². The summed E-state index contributed by atoms with van der Waals surface area (Å²) < 4.78 is 9.64. The van der Waals surface area contributed by atoms with Gasteiger partial charge in [0.05, 0.1) is 13.2 Å². The van der Waals surface area contributed by atoms with Crippen LogP contribution in [0.25, 0.3) is 0 Å². The minimum Gasteiger partial charge on any atom is -0.480 e. The molecule has 1 rings (SSSR count). The molecule has 0 aliphatic carbocycles. The Morgan fingerprint density at radius 1 is 1.45 bits per heavy atom. The molecule has 2 amide bonds. The van der Waals surface area contributed by atoms with Crippen molar-refractivity contribution in [2.45, 2.75) is 31.8 Å². The molecular weight excluding hydrogens is 268 g/mol. The van der Waals surface area contributed by atoms with E-state index in [0.29, 0.717) is 19.4 Å². The summed E-state index contributed by atoms with van der Waals surface area (Å²) in [5, 5.41) is 11.3. The summed E-state index contributed by atoms with van der Waals surface area (Å²) in [7, 11) is 1.35. The molecule has 0 bridgehead atoms. The first-order chi connectivity index (χ1) is 9.51. The highest BCUT2D eigenvalue weighted by atomic mass is 16.5. The van der Waals surface area contributed by atoms with Crippen LogP contribution in [-0.4, -0.2) is 66.9 Å². The van der Waals surface area contributed by atoms with Crippen molar-refractivity contribution >= 4 is 18.0 Å². The third kappa shape index (κ3) is 4.09. The highest BCUT2D eigenvalue weighted by molar-refractivity contribution is 5.87. The van der Waals surface area contributed by atoms with Gasteiger partial charge in [-0.15, -0.1) is 0 Å². The van der Waals surface area contributed by atoms with E-state index in [1.54, 1.807) is 6.92 Å². The molecule has 0 aromatic carbocycles. The molecule has 1 heterocycles. The fourth-order valence-electron chi connectivity index (χ4n) is 2.07. The predicted molar refractivity (Wildman–Crippen MR) is 68.2 cm³/mol. The minimum atomic E-state index is -1.19. The van der Waals surface area contributed by atoms with E-state index >= 15 is 0 Å². The number of rotatable bonds is 6. The third-order valence-corrected chi connectivity index (χ3v) is 3.00. The van der Waals surface area contributed by atoms with Gasteiger partial charge in [-0.05, 0) is 19.8 Å². The van der Waals surface area contributed by atoms with Crippen molar-refractivity contribution in [2.24, 2.45) is 0 Å². The van der Waals surface area contributed by atoms with Gasteiger partial charge in [0.25, 0.3) is 0 Å². The zero-order valence-corrected chi connectivity index (χ0v) is 11.6. The Labute approximate surface area is 117 Å². The molecule has 0 aromatic heterocycles. The van der Waals surface area contributed by atoms with Crippen molar-refractivity contribution in [1.82, 2.24) is 10.2 Å². The maximum atomic E-state index is 12.0. The lowest BCUT2D eigenvalue weighted by Gasteiger charge is -2.25. The fraction of sp³-hybridized carbons (Fsp3) is 0.750. The van der Waals surface area contributed by atoms with Gasteiger partial charge in [-0.3, -0.25) is 0 Å². The number of ether oxygens (including phenoxy) is 2. The van der Waals surface area contributed by atoms with Crippen LogP contribution in [0.2, 0.25) is 0 Å². The molecule has 0 aromatic rings. The number of urea groups is 1. The molecule has 20 heavy (non-hydrogen) atoms. The van der Waals surface area contributed by atoms with Crippen LogP contribution in [0.15, 0.2) is 0 Å². The number of carboxylic acid groups (broad SMARTS) is 1. The average Bonchev–Trinajstić information content (AvgIpc) is 2.87. The Balaban J connectivity index is 2.65. The number of methoxy groups -OCH3 is 1. The fourth-order valence-corrected chi connectivity index (χ4v) is 2.07. The van der Waals surface area contributed by atoms with Gasteiger partial charge in [0.2, 0.25) is 0 Å². The molecular formula is C12H20N2O6. The molecule has 1 aliphatic rings. The van der Waals surface area contributed by atoms with Crippen molar-refractivity contribution in [1.29, 1.82) is 0 Å². The molecule has 8 heteroatoms. The lowest BCUT2D eigenvalue weighted by atomic mass is 10.2. The van der Waals surface area contributed by atoms with E-state index in [4.69, 9.17) is 14.6 Å². The van der Waals surface area contributed by atoms with Gasteiger partial charge in [-0.25, -0.2) is 14.4 Å². The van der Waals surface area contributed by atoms with Crippen molar-refractivity contribution in [3.8, 4) is 0 Å². The zero-order chi connectivity index (χ0) is 15.1. The minimum absolute atomic E-state index is 0.140. The largest absolute Gasteiger partial charge is 0.480 e. The molecule has 114 valence electrons. The predicted octanol–water partition coefficient (Wildman–Crippen LogP) is -0.177.